The third-order valence-corrected chi connectivity index (χ3v) is 9.30. The van der Waals surface area contributed by atoms with Gasteiger partial charge in [0, 0.05) is 64.5 Å². The predicted molar refractivity (Wildman–Crippen MR) is 185 cm³/mol. The smallest absolute Gasteiger partial charge is 0.416 e. The molecule has 51 heavy (non-hydrogen) atoms. The van der Waals surface area contributed by atoms with Crippen molar-refractivity contribution >= 4 is 47.4 Å². The van der Waals surface area contributed by atoms with Crippen LogP contribution < -0.4 is 21.8 Å². The summed E-state index contributed by atoms with van der Waals surface area (Å²) in [7, 11) is 3.12. The molecule has 3 heterocycles. The number of amides is 3. The number of nitrogens with one attached hydrogen (secondary N) is 3. The van der Waals surface area contributed by atoms with E-state index >= 15 is 0 Å². The summed E-state index contributed by atoms with van der Waals surface area (Å²) < 4.78 is 45.0. The van der Waals surface area contributed by atoms with E-state index in [9.17, 15) is 32.7 Å². The van der Waals surface area contributed by atoms with E-state index in [-0.39, 0.29) is 59.4 Å². The molecular formula is C32H44ClF3N10O5. The van der Waals surface area contributed by atoms with Crippen LogP contribution in [-0.2, 0) is 25.3 Å². The number of aliphatic hydroxyl groups excluding tert-OH is 1. The summed E-state index contributed by atoms with van der Waals surface area (Å²) in [6, 6.07) is 2.53. The SMILES string of the molecule is C=NC(NN(CC(=O)Nc1ccc(C(F)(F)F)cc1Cl)C(=O)/C(=C(/CC)NC)N1CCN(C(=O)/C(N)=C(\O)C(C)=NC)CC1)N1CC2(COC2)C1. The zero-order valence-electron chi connectivity index (χ0n) is 28.9. The fourth-order valence-corrected chi connectivity index (χ4v) is 6.22. The number of ether oxygens (including phenoxy) is 1. The summed E-state index contributed by atoms with van der Waals surface area (Å²) in [5.74, 6) is -2.36. The lowest BCUT2D eigenvalue weighted by Gasteiger charge is -2.56. The van der Waals surface area contributed by atoms with E-state index in [2.05, 4.69) is 32.8 Å². The Balaban J connectivity index is 1.58. The Bertz CT molecular complexity index is 1590. The maximum absolute atomic E-state index is 14.5. The van der Waals surface area contributed by atoms with Crippen molar-refractivity contribution in [2.75, 3.05) is 78.4 Å². The van der Waals surface area contributed by atoms with E-state index in [4.69, 9.17) is 22.1 Å². The van der Waals surface area contributed by atoms with E-state index < -0.39 is 48.1 Å². The molecule has 0 bridgehead atoms. The Hall–Kier alpha value is -4.39. The van der Waals surface area contributed by atoms with E-state index in [1.54, 1.807) is 11.9 Å². The zero-order valence-corrected chi connectivity index (χ0v) is 29.7. The predicted octanol–water partition coefficient (Wildman–Crippen LogP) is 1.75. The lowest BCUT2D eigenvalue weighted by Crippen LogP contribution is -2.71. The highest BCUT2D eigenvalue weighted by molar-refractivity contribution is 6.33. The van der Waals surface area contributed by atoms with E-state index in [0.29, 0.717) is 44.5 Å². The number of hydrogen-bond acceptors (Lipinski definition) is 12. The van der Waals surface area contributed by atoms with Crippen LogP contribution in [0.3, 0.4) is 0 Å². The molecule has 1 unspecified atom stereocenters. The first-order valence-electron chi connectivity index (χ1n) is 16.2. The van der Waals surface area contributed by atoms with Gasteiger partial charge in [-0.25, -0.2) is 0 Å². The number of allylic oxidation sites excluding steroid dienone is 2. The number of aliphatic hydroxyl groups is 1. The first-order valence-corrected chi connectivity index (χ1v) is 16.6. The molecule has 1 aromatic carbocycles. The molecule has 6 N–H and O–H groups in total. The van der Waals surface area contributed by atoms with Crippen LogP contribution in [0.15, 0.2) is 51.0 Å². The van der Waals surface area contributed by atoms with Gasteiger partial charge in [0.25, 0.3) is 11.8 Å². The van der Waals surface area contributed by atoms with Gasteiger partial charge >= 0.3 is 6.18 Å². The van der Waals surface area contributed by atoms with Crippen LogP contribution in [0.4, 0.5) is 18.9 Å². The molecule has 0 saturated carbocycles. The minimum absolute atomic E-state index is 0.00273. The fourth-order valence-electron chi connectivity index (χ4n) is 5.99. The van der Waals surface area contributed by atoms with Gasteiger partial charge in [-0.2, -0.15) is 18.6 Å². The number of benzene rings is 1. The largest absolute Gasteiger partial charge is 0.504 e. The fraction of sp³-hybridized carbons (Fsp3) is 0.531. The highest BCUT2D eigenvalue weighted by Gasteiger charge is 2.51. The minimum atomic E-state index is -4.63. The number of nitrogens with two attached hydrogens (primary N) is 1. The first-order chi connectivity index (χ1) is 24.1. The van der Waals surface area contributed by atoms with Crippen LogP contribution >= 0.6 is 11.6 Å². The number of carbonyl (C=O) groups is 3. The van der Waals surface area contributed by atoms with Crippen molar-refractivity contribution < 1.29 is 37.4 Å². The highest BCUT2D eigenvalue weighted by Crippen LogP contribution is 2.38. The monoisotopic (exact) mass is 740 g/mol. The number of nitrogens with zero attached hydrogens (tertiary/aromatic N) is 6. The molecule has 3 amide bonds. The zero-order chi connectivity index (χ0) is 37.7. The summed E-state index contributed by atoms with van der Waals surface area (Å²) in [6.07, 6.45) is -5.04. The first kappa shape index (κ1) is 39.4. The summed E-state index contributed by atoms with van der Waals surface area (Å²) in [5.41, 5.74) is 8.53. The normalized spacial score (nSPS) is 19.3. The van der Waals surface area contributed by atoms with Gasteiger partial charge in [0.05, 0.1) is 35.2 Å². The molecule has 19 heteroatoms. The Morgan fingerprint density at radius 3 is 2.29 bits per heavy atom. The van der Waals surface area contributed by atoms with Crippen molar-refractivity contribution in [1.29, 1.82) is 0 Å². The quantitative estimate of drug-likeness (QED) is 0.0866. The summed E-state index contributed by atoms with van der Waals surface area (Å²) in [4.78, 5) is 54.2. The Morgan fingerprint density at radius 2 is 1.80 bits per heavy atom. The number of aliphatic imine (C=N–C) groups is 2. The van der Waals surface area contributed by atoms with Crippen molar-refractivity contribution in [3.8, 4) is 0 Å². The number of halogens is 4. The Kier molecular flexibility index (Phi) is 12.6. The van der Waals surface area contributed by atoms with Gasteiger partial charge in [-0.15, -0.1) is 0 Å². The molecule has 0 aliphatic carbocycles. The van der Waals surface area contributed by atoms with Gasteiger partial charge in [-0.05, 0) is 38.3 Å². The molecule has 3 aliphatic heterocycles. The van der Waals surface area contributed by atoms with Gasteiger partial charge in [0.15, 0.2) is 12.0 Å². The third kappa shape index (κ3) is 8.92. The molecule has 1 spiro atoms. The second kappa shape index (κ2) is 16.3. The van der Waals surface area contributed by atoms with Gasteiger partial charge in [-0.1, -0.05) is 18.5 Å². The number of piperazine rings is 1. The molecule has 280 valence electrons. The van der Waals surface area contributed by atoms with Crippen LogP contribution in [0.2, 0.25) is 5.02 Å². The topological polar surface area (TPSA) is 180 Å². The van der Waals surface area contributed by atoms with Crippen LogP contribution in [0, 0.1) is 5.41 Å². The average Bonchev–Trinajstić information content (AvgIpc) is 3.07. The Morgan fingerprint density at radius 1 is 1.18 bits per heavy atom. The van der Waals surface area contributed by atoms with Crippen LogP contribution in [0.5, 0.6) is 0 Å². The van der Waals surface area contributed by atoms with Gasteiger partial charge in [0.1, 0.15) is 17.9 Å². The number of rotatable bonds is 13. The van der Waals surface area contributed by atoms with E-state index in [1.165, 1.54) is 18.9 Å². The maximum Gasteiger partial charge on any atom is 0.416 e. The molecule has 3 saturated heterocycles. The van der Waals surface area contributed by atoms with Gasteiger partial charge in [-0.3, -0.25) is 34.3 Å². The van der Waals surface area contributed by atoms with Crippen molar-refractivity contribution in [2.45, 2.75) is 32.7 Å². The number of anilines is 1. The molecule has 0 radical (unpaired) electrons. The minimum Gasteiger partial charge on any atom is -0.504 e. The summed E-state index contributed by atoms with van der Waals surface area (Å²) >= 11 is 6.09. The molecule has 15 nitrogen and oxygen atoms in total. The number of hydrogen-bond donors (Lipinski definition) is 5. The lowest BCUT2D eigenvalue weighted by molar-refractivity contribution is -0.204. The molecule has 3 aliphatic rings. The molecule has 0 aromatic heterocycles. The second-order valence-corrected chi connectivity index (χ2v) is 12.9. The van der Waals surface area contributed by atoms with Crippen molar-refractivity contribution in [3.05, 3.63) is 51.6 Å². The summed E-state index contributed by atoms with van der Waals surface area (Å²) in [6.45, 7) is 9.59. The lowest BCUT2D eigenvalue weighted by atomic mass is 9.78. The van der Waals surface area contributed by atoms with E-state index in [1.807, 2.05) is 11.8 Å². The number of alkyl halides is 3. The van der Waals surface area contributed by atoms with Crippen molar-refractivity contribution in [3.63, 3.8) is 0 Å². The third-order valence-electron chi connectivity index (χ3n) is 8.99. The van der Waals surface area contributed by atoms with Gasteiger partial charge < -0.3 is 36.0 Å². The van der Waals surface area contributed by atoms with Crippen LogP contribution in [-0.4, -0.2) is 134 Å². The molecule has 4 rings (SSSR count). The van der Waals surface area contributed by atoms with E-state index in [0.717, 1.165) is 17.1 Å². The Labute approximate surface area is 299 Å². The molecule has 1 atom stereocenters. The van der Waals surface area contributed by atoms with Crippen LogP contribution in [0.1, 0.15) is 25.8 Å². The summed E-state index contributed by atoms with van der Waals surface area (Å²) in [5, 5.41) is 16.6. The second-order valence-electron chi connectivity index (χ2n) is 12.5. The number of likely N-dealkylation sites (tertiary alicyclic amines) is 1. The number of hydrazine groups is 1. The highest BCUT2D eigenvalue weighted by atomic mass is 35.5. The van der Waals surface area contributed by atoms with Crippen molar-refractivity contribution in [2.24, 2.45) is 21.1 Å². The van der Waals surface area contributed by atoms with Crippen molar-refractivity contribution in [1.82, 2.24) is 30.5 Å². The average molecular weight is 741 g/mol. The molecule has 1 aromatic rings. The van der Waals surface area contributed by atoms with Gasteiger partial charge in [0.2, 0.25) is 5.91 Å². The van der Waals surface area contributed by atoms with Crippen LogP contribution in [0.25, 0.3) is 0 Å². The number of carbonyl (C=O) groups excluding carboxylic acids is 3. The molecule has 3 fully saturated rings. The molecular weight excluding hydrogens is 697 g/mol. The maximum atomic E-state index is 14.5. The standard InChI is InChI=1S/C32H44ClF3N10O5/c1-6-22(39-4)26(43-9-11-44(12-10-43)28(49)25(37)27(48)19(2)38-3)29(50)46(42-30(40-5)45-15-31(16-45)17-51-18-31)14-24(47)41-23-8-7-20(13-21(23)33)32(34,35)36/h7-8,13,30,39,42,48H,5-6,9-12,14-18,37H2,1-4H3,(H,41,47)/b26-22+,27-25+,38-19?.